The van der Waals surface area contributed by atoms with Crippen LogP contribution in [0, 0.1) is 0 Å². The van der Waals surface area contributed by atoms with E-state index in [9.17, 15) is 4.79 Å². The normalized spacial score (nSPS) is 10.3. The molecule has 0 aliphatic carbocycles. The summed E-state index contributed by atoms with van der Waals surface area (Å²) in [5.74, 6) is 1.07. The average molecular weight is 355 g/mol. The summed E-state index contributed by atoms with van der Waals surface area (Å²) in [5, 5.41) is 6.35. The zero-order chi connectivity index (χ0) is 18.5. The van der Waals surface area contributed by atoms with E-state index < -0.39 is 5.91 Å². The van der Waals surface area contributed by atoms with E-state index in [0.717, 1.165) is 5.56 Å². The number of hydrogen-bond acceptors (Lipinski definition) is 7. The van der Waals surface area contributed by atoms with Crippen LogP contribution in [0.2, 0.25) is 0 Å². The van der Waals surface area contributed by atoms with E-state index in [-0.39, 0.29) is 5.95 Å². The summed E-state index contributed by atoms with van der Waals surface area (Å²) in [6.45, 7) is 0. The number of ether oxygens (including phenoxy) is 3. The number of carbonyl (C=O) groups excluding carboxylic acids is 1. The number of anilines is 1. The molecular formula is C18H17N3O5. The van der Waals surface area contributed by atoms with Crippen molar-refractivity contribution in [2.24, 2.45) is 0 Å². The molecule has 1 heterocycles. The van der Waals surface area contributed by atoms with Gasteiger partial charge in [-0.2, -0.15) is 4.98 Å². The van der Waals surface area contributed by atoms with Gasteiger partial charge >= 0.3 is 0 Å². The third-order valence-electron chi connectivity index (χ3n) is 3.60. The largest absolute Gasteiger partial charge is 0.493 e. The van der Waals surface area contributed by atoms with Crippen molar-refractivity contribution in [2.75, 3.05) is 26.6 Å². The van der Waals surface area contributed by atoms with E-state index in [1.165, 1.54) is 33.5 Å². The van der Waals surface area contributed by atoms with Crippen molar-refractivity contribution >= 4 is 11.9 Å². The quantitative estimate of drug-likeness (QED) is 0.726. The Bertz CT molecular complexity index is 883. The first-order chi connectivity index (χ1) is 12.7. The fraction of sp³-hybridized carbons (Fsp3) is 0.167. The number of rotatable bonds is 6. The standard InChI is InChI=1S/C18H17N3O5/c1-23-13-9-12(10-14(24-2)15(13)25-3)16(22)19-18-20-17(26-21-18)11-7-5-4-6-8-11/h4-10H,1-3H3,(H,19,21,22). The van der Waals surface area contributed by atoms with Gasteiger partial charge in [0.2, 0.25) is 5.75 Å². The molecule has 0 radical (unpaired) electrons. The van der Waals surface area contributed by atoms with Gasteiger partial charge in [-0.05, 0) is 29.4 Å². The summed E-state index contributed by atoms with van der Waals surface area (Å²) in [5.41, 5.74) is 1.05. The first-order valence-electron chi connectivity index (χ1n) is 7.66. The Labute approximate surface area is 149 Å². The summed E-state index contributed by atoms with van der Waals surface area (Å²) in [6.07, 6.45) is 0. The molecule has 0 bridgehead atoms. The van der Waals surface area contributed by atoms with Gasteiger partial charge in [0.25, 0.3) is 17.7 Å². The van der Waals surface area contributed by atoms with Crippen LogP contribution in [0.1, 0.15) is 10.4 Å². The number of benzene rings is 2. The van der Waals surface area contributed by atoms with Gasteiger partial charge in [0, 0.05) is 11.1 Å². The molecule has 1 aromatic heterocycles. The molecule has 0 spiro atoms. The lowest BCUT2D eigenvalue weighted by molar-refractivity contribution is 0.102. The lowest BCUT2D eigenvalue weighted by atomic mass is 10.1. The predicted molar refractivity (Wildman–Crippen MR) is 93.8 cm³/mol. The minimum Gasteiger partial charge on any atom is -0.493 e. The summed E-state index contributed by atoms with van der Waals surface area (Å²) in [7, 11) is 4.44. The molecule has 26 heavy (non-hydrogen) atoms. The fourth-order valence-electron chi connectivity index (χ4n) is 2.36. The van der Waals surface area contributed by atoms with Crippen LogP contribution in [0.4, 0.5) is 5.95 Å². The van der Waals surface area contributed by atoms with Gasteiger partial charge in [0.1, 0.15) is 0 Å². The zero-order valence-electron chi connectivity index (χ0n) is 14.5. The molecule has 1 amide bonds. The highest BCUT2D eigenvalue weighted by Gasteiger charge is 2.18. The Morgan fingerprint density at radius 2 is 1.65 bits per heavy atom. The highest BCUT2D eigenvalue weighted by atomic mass is 16.5. The minimum absolute atomic E-state index is 0.0580. The molecular weight excluding hydrogens is 338 g/mol. The topological polar surface area (TPSA) is 95.7 Å². The summed E-state index contributed by atoms with van der Waals surface area (Å²) in [6, 6.07) is 12.3. The monoisotopic (exact) mass is 355 g/mol. The van der Waals surface area contributed by atoms with Gasteiger partial charge in [0.15, 0.2) is 11.5 Å². The second-order valence-corrected chi connectivity index (χ2v) is 5.16. The molecule has 2 aromatic carbocycles. The van der Waals surface area contributed by atoms with E-state index in [4.69, 9.17) is 18.7 Å². The highest BCUT2D eigenvalue weighted by Crippen LogP contribution is 2.38. The van der Waals surface area contributed by atoms with Crippen molar-refractivity contribution < 1.29 is 23.5 Å². The van der Waals surface area contributed by atoms with Crippen molar-refractivity contribution in [1.29, 1.82) is 0 Å². The molecule has 134 valence electrons. The van der Waals surface area contributed by atoms with Crippen LogP contribution in [-0.2, 0) is 0 Å². The molecule has 0 fully saturated rings. The fourth-order valence-corrected chi connectivity index (χ4v) is 2.36. The third kappa shape index (κ3) is 3.44. The summed E-state index contributed by atoms with van der Waals surface area (Å²) < 4.78 is 20.9. The lowest BCUT2D eigenvalue weighted by Gasteiger charge is -2.13. The number of nitrogens with zero attached hydrogens (tertiary/aromatic N) is 2. The van der Waals surface area contributed by atoms with Gasteiger partial charge in [-0.25, -0.2) is 0 Å². The van der Waals surface area contributed by atoms with Gasteiger partial charge in [-0.3, -0.25) is 10.1 Å². The Balaban J connectivity index is 1.83. The van der Waals surface area contributed by atoms with Gasteiger partial charge in [-0.15, -0.1) is 0 Å². The highest BCUT2D eigenvalue weighted by molar-refractivity contribution is 6.04. The summed E-state index contributed by atoms with van der Waals surface area (Å²) in [4.78, 5) is 16.7. The maximum atomic E-state index is 12.5. The summed E-state index contributed by atoms with van der Waals surface area (Å²) >= 11 is 0. The van der Waals surface area contributed by atoms with Crippen molar-refractivity contribution in [1.82, 2.24) is 10.1 Å². The number of nitrogens with one attached hydrogen (secondary N) is 1. The Hall–Kier alpha value is -3.55. The molecule has 0 unspecified atom stereocenters. The average Bonchev–Trinajstić information content (AvgIpc) is 3.15. The van der Waals surface area contributed by atoms with Gasteiger partial charge < -0.3 is 18.7 Å². The molecule has 8 heteroatoms. The molecule has 8 nitrogen and oxygen atoms in total. The molecule has 0 saturated carbocycles. The van der Waals surface area contributed by atoms with Crippen LogP contribution in [-0.4, -0.2) is 37.4 Å². The first-order valence-corrected chi connectivity index (χ1v) is 7.66. The third-order valence-corrected chi connectivity index (χ3v) is 3.60. The zero-order valence-corrected chi connectivity index (χ0v) is 14.5. The SMILES string of the molecule is COc1cc(C(=O)Nc2noc(-c3ccccc3)n2)cc(OC)c1OC. The van der Waals surface area contributed by atoms with E-state index in [2.05, 4.69) is 15.5 Å². The van der Waals surface area contributed by atoms with Crippen molar-refractivity contribution in [3.8, 4) is 28.7 Å². The van der Waals surface area contributed by atoms with Crippen molar-refractivity contribution in [3.63, 3.8) is 0 Å². The Morgan fingerprint density at radius 3 is 2.23 bits per heavy atom. The number of methoxy groups -OCH3 is 3. The number of amides is 1. The van der Waals surface area contributed by atoms with Crippen LogP contribution >= 0.6 is 0 Å². The maximum Gasteiger partial charge on any atom is 0.270 e. The molecule has 0 aliphatic rings. The second kappa shape index (κ2) is 7.56. The Morgan fingerprint density at radius 1 is 1.00 bits per heavy atom. The molecule has 0 atom stereocenters. The van der Waals surface area contributed by atoms with E-state index in [1.807, 2.05) is 30.3 Å². The molecule has 0 saturated heterocycles. The van der Waals surface area contributed by atoms with Crippen LogP contribution in [0.5, 0.6) is 17.2 Å². The second-order valence-electron chi connectivity index (χ2n) is 5.16. The Kier molecular flexibility index (Phi) is 5.02. The number of hydrogen-bond donors (Lipinski definition) is 1. The van der Waals surface area contributed by atoms with E-state index in [1.54, 1.807) is 0 Å². The van der Waals surface area contributed by atoms with Crippen molar-refractivity contribution in [3.05, 3.63) is 48.0 Å². The maximum absolute atomic E-state index is 12.5. The lowest BCUT2D eigenvalue weighted by Crippen LogP contribution is -2.13. The predicted octanol–water partition coefficient (Wildman–Crippen LogP) is 3.01. The van der Waals surface area contributed by atoms with Gasteiger partial charge in [0.05, 0.1) is 21.3 Å². The molecule has 1 N–H and O–H groups in total. The van der Waals surface area contributed by atoms with E-state index >= 15 is 0 Å². The van der Waals surface area contributed by atoms with Crippen LogP contribution < -0.4 is 19.5 Å². The van der Waals surface area contributed by atoms with Crippen LogP contribution in [0.25, 0.3) is 11.5 Å². The smallest absolute Gasteiger partial charge is 0.270 e. The molecule has 3 rings (SSSR count). The van der Waals surface area contributed by atoms with Gasteiger partial charge in [-0.1, -0.05) is 18.2 Å². The molecule has 3 aromatic rings. The first kappa shape index (κ1) is 17.3. The van der Waals surface area contributed by atoms with Crippen molar-refractivity contribution in [2.45, 2.75) is 0 Å². The van der Waals surface area contributed by atoms with Crippen LogP contribution in [0.3, 0.4) is 0 Å². The minimum atomic E-state index is -0.440. The molecule has 0 aliphatic heterocycles. The number of carbonyl (C=O) groups is 1. The number of aromatic nitrogens is 2. The van der Waals surface area contributed by atoms with Crippen LogP contribution in [0.15, 0.2) is 47.0 Å². The van der Waals surface area contributed by atoms with E-state index in [0.29, 0.717) is 28.7 Å².